The second-order valence-corrected chi connectivity index (χ2v) is 10.0. The Hall–Kier alpha value is -1.17. The fourth-order valence-corrected chi connectivity index (χ4v) is 6.78. The molecule has 3 fully saturated rings. The van der Waals surface area contributed by atoms with Gasteiger partial charge in [0.05, 0.1) is 11.3 Å². The van der Waals surface area contributed by atoms with E-state index >= 15 is 0 Å². The molecule has 1 aromatic rings. The minimum absolute atomic E-state index is 0.00512. The highest BCUT2D eigenvalue weighted by molar-refractivity contribution is 7.90. The third kappa shape index (κ3) is 3.07. The van der Waals surface area contributed by atoms with Crippen LogP contribution >= 0.6 is 0 Å². The van der Waals surface area contributed by atoms with Crippen LogP contribution in [0.25, 0.3) is 0 Å². The Kier molecular flexibility index (Phi) is 4.50. The Labute approximate surface area is 151 Å². The maximum Gasteiger partial charge on any atom is 0.217 e. The van der Waals surface area contributed by atoms with Gasteiger partial charge >= 0.3 is 0 Å². The van der Waals surface area contributed by atoms with Crippen LogP contribution in [0.15, 0.2) is 36.9 Å². The van der Waals surface area contributed by atoms with Gasteiger partial charge in [-0.25, -0.2) is 8.42 Å². The Morgan fingerprint density at radius 1 is 1.20 bits per heavy atom. The van der Waals surface area contributed by atoms with Crippen molar-refractivity contribution in [1.82, 2.24) is 9.21 Å². The molecule has 0 radical (unpaired) electrons. The SMILES string of the molecule is C=CCCN1C[C@H]2CN(S(=O)(=O)C3CC3)[C@H](c3ccccc3C)[C@H]2C1. The quantitative estimate of drug-likeness (QED) is 0.733. The van der Waals surface area contributed by atoms with E-state index in [1.54, 1.807) is 0 Å². The zero-order valence-electron chi connectivity index (χ0n) is 15.0. The van der Waals surface area contributed by atoms with Crippen molar-refractivity contribution in [2.45, 2.75) is 37.5 Å². The molecule has 3 aliphatic rings. The van der Waals surface area contributed by atoms with Crippen molar-refractivity contribution in [3.8, 4) is 0 Å². The molecule has 2 heterocycles. The lowest BCUT2D eigenvalue weighted by Gasteiger charge is -2.30. The zero-order valence-corrected chi connectivity index (χ0v) is 15.8. The molecule has 4 nitrogen and oxygen atoms in total. The summed E-state index contributed by atoms with van der Waals surface area (Å²) in [5.74, 6) is 0.849. The van der Waals surface area contributed by atoms with Crippen LogP contribution in [0.2, 0.25) is 0 Å². The first-order valence-corrected chi connectivity index (χ1v) is 10.9. The molecule has 0 bridgehead atoms. The predicted octanol–water partition coefficient (Wildman–Crippen LogP) is 2.97. The Morgan fingerprint density at radius 3 is 2.64 bits per heavy atom. The summed E-state index contributed by atoms with van der Waals surface area (Å²) >= 11 is 0. The van der Waals surface area contributed by atoms with Crippen molar-refractivity contribution >= 4 is 10.0 Å². The normalized spacial score (nSPS) is 30.5. The Bertz CT molecular complexity index is 757. The van der Waals surface area contributed by atoms with E-state index in [2.05, 4.69) is 30.5 Å². The van der Waals surface area contributed by atoms with E-state index in [-0.39, 0.29) is 11.3 Å². The molecule has 0 amide bonds. The molecule has 1 aromatic carbocycles. The predicted molar refractivity (Wildman–Crippen MR) is 101 cm³/mol. The van der Waals surface area contributed by atoms with Gasteiger partial charge in [-0.15, -0.1) is 6.58 Å². The topological polar surface area (TPSA) is 40.6 Å². The lowest BCUT2D eigenvalue weighted by Crippen LogP contribution is -2.37. The number of nitrogens with zero attached hydrogens (tertiary/aromatic N) is 2. The molecule has 5 heteroatoms. The highest BCUT2D eigenvalue weighted by Gasteiger charge is 2.54. The first-order chi connectivity index (χ1) is 12.0. The highest BCUT2D eigenvalue weighted by atomic mass is 32.2. The average Bonchev–Trinajstić information content (AvgIpc) is 3.29. The number of hydrogen-bond acceptors (Lipinski definition) is 3. The summed E-state index contributed by atoms with van der Waals surface area (Å²) in [7, 11) is -3.16. The zero-order chi connectivity index (χ0) is 17.6. The number of fused-ring (bicyclic) bond motifs is 1. The number of sulfonamides is 1. The molecule has 136 valence electrons. The molecular weight excluding hydrogens is 332 g/mol. The van der Waals surface area contributed by atoms with Crippen molar-refractivity contribution in [2.75, 3.05) is 26.2 Å². The molecule has 25 heavy (non-hydrogen) atoms. The van der Waals surface area contributed by atoms with Gasteiger partial charge < -0.3 is 4.90 Å². The summed E-state index contributed by atoms with van der Waals surface area (Å²) in [5, 5.41) is -0.130. The third-order valence-electron chi connectivity index (χ3n) is 6.13. The van der Waals surface area contributed by atoms with Gasteiger partial charge in [0.25, 0.3) is 0 Å². The number of aryl methyl sites for hydroxylation is 1. The van der Waals surface area contributed by atoms with E-state index in [4.69, 9.17) is 0 Å². The first kappa shape index (κ1) is 17.3. The van der Waals surface area contributed by atoms with Crippen LogP contribution in [-0.2, 0) is 10.0 Å². The lowest BCUT2D eigenvalue weighted by atomic mass is 9.88. The van der Waals surface area contributed by atoms with Crippen LogP contribution in [0, 0.1) is 18.8 Å². The first-order valence-electron chi connectivity index (χ1n) is 9.42. The molecule has 1 saturated carbocycles. The van der Waals surface area contributed by atoms with Crippen molar-refractivity contribution in [3.05, 3.63) is 48.0 Å². The number of likely N-dealkylation sites (tertiary alicyclic amines) is 1. The molecule has 1 aliphatic carbocycles. The van der Waals surface area contributed by atoms with Crippen molar-refractivity contribution in [1.29, 1.82) is 0 Å². The number of hydrogen-bond donors (Lipinski definition) is 0. The minimum atomic E-state index is -3.16. The molecule has 3 atom stereocenters. The van der Waals surface area contributed by atoms with E-state index in [0.717, 1.165) is 38.9 Å². The van der Waals surface area contributed by atoms with Crippen LogP contribution in [0.4, 0.5) is 0 Å². The second-order valence-electron chi connectivity index (χ2n) is 7.88. The van der Waals surface area contributed by atoms with E-state index in [1.807, 2.05) is 22.5 Å². The Morgan fingerprint density at radius 2 is 1.96 bits per heavy atom. The molecule has 0 spiro atoms. The smallest absolute Gasteiger partial charge is 0.217 e. The van der Waals surface area contributed by atoms with Crippen molar-refractivity contribution < 1.29 is 8.42 Å². The second kappa shape index (κ2) is 6.53. The van der Waals surface area contributed by atoms with E-state index in [9.17, 15) is 8.42 Å². The fourth-order valence-electron chi connectivity index (χ4n) is 4.68. The van der Waals surface area contributed by atoms with Gasteiger partial charge in [-0.1, -0.05) is 30.3 Å². The van der Waals surface area contributed by atoms with Gasteiger partial charge in [0.1, 0.15) is 0 Å². The molecular formula is C20H28N2O2S. The lowest BCUT2D eigenvalue weighted by molar-refractivity contribution is 0.268. The van der Waals surface area contributed by atoms with Crippen LogP contribution in [-0.4, -0.2) is 49.1 Å². The standard InChI is InChI=1S/C20H28N2O2S/c1-3-4-11-21-12-16-13-22(25(23,24)17-9-10-17)20(19(16)14-21)18-8-6-5-7-15(18)2/h3,5-8,16-17,19-20H,1,4,9-14H2,2H3/t16-,19-,20+/m0/s1. The summed E-state index contributed by atoms with van der Waals surface area (Å²) in [5.41, 5.74) is 2.40. The summed E-state index contributed by atoms with van der Waals surface area (Å²) < 4.78 is 28.0. The average molecular weight is 361 g/mol. The molecule has 0 N–H and O–H groups in total. The van der Waals surface area contributed by atoms with Crippen molar-refractivity contribution in [3.63, 3.8) is 0 Å². The van der Waals surface area contributed by atoms with Crippen molar-refractivity contribution in [2.24, 2.45) is 11.8 Å². The Balaban J connectivity index is 1.66. The van der Waals surface area contributed by atoms with Crippen LogP contribution < -0.4 is 0 Å². The molecule has 2 saturated heterocycles. The molecule has 4 rings (SSSR count). The molecule has 2 aliphatic heterocycles. The summed E-state index contributed by atoms with van der Waals surface area (Å²) in [6.45, 7) is 9.66. The van der Waals surface area contributed by atoms with Gasteiger partial charge in [-0.3, -0.25) is 0 Å². The number of benzene rings is 1. The monoisotopic (exact) mass is 360 g/mol. The van der Waals surface area contributed by atoms with E-state index in [0.29, 0.717) is 18.4 Å². The molecule has 0 aromatic heterocycles. The van der Waals surface area contributed by atoms with Crippen LogP contribution in [0.1, 0.15) is 36.4 Å². The van der Waals surface area contributed by atoms with Gasteiger partial charge in [-0.05, 0) is 49.1 Å². The highest BCUT2D eigenvalue weighted by Crippen LogP contribution is 2.49. The van der Waals surface area contributed by atoms with Gasteiger partial charge in [-0.2, -0.15) is 4.31 Å². The van der Waals surface area contributed by atoms with Gasteiger partial charge in [0, 0.05) is 26.2 Å². The largest absolute Gasteiger partial charge is 0.302 e. The van der Waals surface area contributed by atoms with E-state index < -0.39 is 10.0 Å². The third-order valence-corrected chi connectivity index (χ3v) is 8.47. The van der Waals surface area contributed by atoms with Gasteiger partial charge in [0.15, 0.2) is 0 Å². The van der Waals surface area contributed by atoms with Crippen LogP contribution in [0.3, 0.4) is 0 Å². The fraction of sp³-hybridized carbons (Fsp3) is 0.600. The maximum absolute atomic E-state index is 13.1. The summed E-state index contributed by atoms with van der Waals surface area (Å²) in [6.07, 6.45) is 4.63. The summed E-state index contributed by atoms with van der Waals surface area (Å²) in [6, 6.07) is 8.32. The van der Waals surface area contributed by atoms with Crippen LogP contribution in [0.5, 0.6) is 0 Å². The maximum atomic E-state index is 13.1. The number of rotatable bonds is 6. The minimum Gasteiger partial charge on any atom is -0.302 e. The van der Waals surface area contributed by atoms with E-state index in [1.165, 1.54) is 11.1 Å². The molecule has 0 unspecified atom stereocenters. The summed E-state index contributed by atoms with van der Waals surface area (Å²) in [4.78, 5) is 2.49. The van der Waals surface area contributed by atoms with Gasteiger partial charge in [0.2, 0.25) is 10.0 Å².